The van der Waals surface area contributed by atoms with Crippen LogP contribution in [0.4, 0.5) is 5.69 Å². The summed E-state index contributed by atoms with van der Waals surface area (Å²) in [7, 11) is 0. The van der Waals surface area contributed by atoms with E-state index in [2.05, 4.69) is 62.1 Å². The second-order valence-corrected chi connectivity index (χ2v) is 6.34. The van der Waals surface area contributed by atoms with E-state index in [0.717, 1.165) is 5.25 Å². The molecule has 1 heterocycles. The molecule has 0 radical (unpaired) electrons. The third-order valence-corrected chi connectivity index (χ3v) is 4.63. The molecule has 88 valence electrons. The summed E-state index contributed by atoms with van der Waals surface area (Å²) in [6, 6.07) is 9.35. The predicted octanol–water partition coefficient (Wildman–Crippen LogP) is 4.12. The van der Waals surface area contributed by atoms with E-state index in [1.165, 1.54) is 23.4 Å². The molecule has 0 aromatic heterocycles. The van der Waals surface area contributed by atoms with Gasteiger partial charge in [-0.25, -0.2) is 0 Å². The Balaban J connectivity index is 2.14. The van der Waals surface area contributed by atoms with E-state index in [0.29, 0.717) is 12.0 Å². The maximum atomic E-state index is 3.72. The van der Waals surface area contributed by atoms with Crippen LogP contribution < -0.4 is 5.32 Å². The molecule has 16 heavy (non-hydrogen) atoms. The van der Waals surface area contributed by atoms with Crippen LogP contribution in [0.3, 0.4) is 0 Å². The summed E-state index contributed by atoms with van der Waals surface area (Å²) in [5.74, 6) is 1.89. The normalized spacial score (nSPS) is 25.0. The van der Waals surface area contributed by atoms with Gasteiger partial charge in [0.1, 0.15) is 0 Å². The molecule has 0 aliphatic carbocycles. The zero-order chi connectivity index (χ0) is 11.5. The number of para-hydroxylation sites is 1. The topological polar surface area (TPSA) is 12.0 Å². The van der Waals surface area contributed by atoms with Crippen molar-refractivity contribution in [2.75, 3.05) is 11.1 Å². The zero-order valence-corrected chi connectivity index (χ0v) is 11.2. The van der Waals surface area contributed by atoms with Gasteiger partial charge in [-0.15, -0.1) is 0 Å². The zero-order valence-electron chi connectivity index (χ0n) is 10.4. The van der Waals surface area contributed by atoms with Gasteiger partial charge in [-0.1, -0.05) is 39.0 Å². The lowest BCUT2D eigenvalue weighted by molar-refractivity contribution is 0.720. The first kappa shape index (κ1) is 11.8. The van der Waals surface area contributed by atoms with E-state index >= 15 is 0 Å². The Labute approximate surface area is 103 Å². The van der Waals surface area contributed by atoms with Gasteiger partial charge in [0.05, 0.1) is 0 Å². The molecule has 1 aromatic carbocycles. The van der Waals surface area contributed by atoms with Gasteiger partial charge in [0.15, 0.2) is 0 Å². The molecular weight excluding hydrogens is 214 g/mol. The minimum absolute atomic E-state index is 0.591. The number of hydrogen-bond donors (Lipinski definition) is 1. The molecule has 1 N–H and O–H groups in total. The first-order valence-electron chi connectivity index (χ1n) is 6.15. The molecule has 2 unspecified atom stereocenters. The Morgan fingerprint density at radius 1 is 1.31 bits per heavy atom. The van der Waals surface area contributed by atoms with Crippen LogP contribution in [0.5, 0.6) is 0 Å². The molecule has 0 bridgehead atoms. The van der Waals surface area contributed by atoms with Crippen molar-refractivity contribution in [1.29, 1.82) is 0 Å². The van der Waals surface area contributed by atoms with Crippen molar-refractivity contribution >= 4 is 17.4 Å². The second kappa shape index (κ2) is 5.13. The number of rotatable bonds is 3. The smallest absolute Gasteiger partial charge is 0.0385 e. The molecule has 0 spiro atoms. The minimum Gasteiger partial charge on any atom is -0.381 e. The Bertz CT molecular complexity index is 348. The quantitative estimate of drug-likeness (QED) is 0.846. The Morgan fingerprint density at radius 2 is 2.06 bits per heavy atom. The SMILES string of the molecule is CC(C)c1ccccc1NC1CCSC1C. The van der Waals surface area contributed by atoms with Crippen LogP contribution in [0.15, 0.2) is 24.3 Å². The van der Waals surface area contributed by atoms with E-state index in [-0.39, 0.29) is 0 Å². The summed E-state index contributed by atoms with van der Waals surface area (Å²) < 4.78 is 0. The van der Waals surface area contributed by atoms with E-state index < -0.39 is 0 Å². The highest BCUT2D eigenvalue weighted by molar-refractivity contribution is 8.00. The number of benzene rings is 1. The van der Waals surface area contributed by atoms with E-state index in [9.17, 15) is 0 Å². The fraction of sp³-hybridized carbons (Fsp3) is 0.571. The Morgan fingerprint density at radius 3 is 2.69 bits per heavy atom. The maximum absolute atomic E-state index is 3.72. The third-order valence-electron chi connectivity index (χ3n) is 3.30. The van der Waals surface area contributed by atoms with Crippen LogP contribution in [0.1, 0.15) is 38.7 Å². The predicted molar refractivity (Wildman–Crippen MR) is 74.5 cm³/mol. The van der Waals surface area contributed by atoms with E-state index in [1.807, 2.05) is 0 Å². The molecular formula is C14H21NS. The molecule has 1 fully saturated rings. The molecule has 1 nitrogen and oxygen atoms in total. The van der Waals surface area contributed by atoms with Crippen LogP contribution in [0, 0.1) is 0 Å². The fourth-order valence-corrected chi connectivity index (χ4v) is 3.45. The van der Waals surface area contributed by atoms with Gasteiger partial charge in [-0.2, -0.15) is 11.8 Å². The number of thioether (sulfide) groups is 1. The molecule has 2 atom stereocenters. The summed E-state index contributed by atoms with van der Waals surface area (Å²) in [4.78, 5) is 0. The van der Waals surface area contributed by atoms with Crippen molar-refractivity contribution < 1.29 is 0 Å². The highest BCUT2D eigenvalue weighted by Crippen LogP contribution is 2.31. The second-order valence-electron chi connectivity index (χ2n) is 4.86. The largest absolute Gasteiger partial charge is 0.381 e. The van der Waals surface area contributed by atoms with Crippen molar-refractivity contribution in [3.05, 3.63) is 29.8 Å². The van der Waals surface area contributed by atoms with Gasteiger partial charge < -0.3 is 5.32 Å². The molecule has 2 heteroatoms. The summed E-state index contributed by atoms with van der Waals surface area (Å²) in [5.41, 5.74) is 2.77. The molecule has 1 aliphatic heterocycles. The number of anilines is 1. The average molecular weight is 235 g/mol. The average Bonchev–Trinajstić information content (AvgIpc) is 2.65. The van der Waals surface area contributed by atoms with Gasteiger partial charge >= 0.3 is 0 Å². The van der Waals surface area contributed by atoms with Crippen LogP contribution in [-0.4, -0.2) is 17.0 Å². The minimum atomic E-state index is 0.591. The number of hydrogen-bond acceptors (Lipinski definition) is 2. The van der Waals surface area contributed by atoms with Gasteiger partial charge in [-0.05, 0) is 29.7 Å². The van der Waals surface area contributed by atoms with E-state index in [1.54, 1.807) is 0 Å². The lowest BCUT2D eigenvalue weighted by atomic mass is 10.0. The molecule has 1 saturated heterocycles. The van der Waals surface area contributed by atoms with Crippen LogP contribution in [0.2, 0.25) is 0 Å². The summed E-state index contributed by atoms with van der Waals surface area (Å²) in [6.07, 6.45) is 1.29. The standard InChI is InChI=1S/C14H21NS/c1-10(2)12-6-4-5-7-14(12)15-13-8-9-16-11(13)3/h4-7,10-11,13,15H,8-9H2,1-3H3. The fourth-order valence-electron chi connectivity index (χ4n) is 2.25. The van der Waals surface area contributed by atoms with Crippen molar-refractivity contribution in [1.82, 2.24) is 0 Å². The summed E-state index contributed by atoms with van der Waals surface area (Å²) in [5, 5.41) is 4.46. The summed E-state index contributed by atoms with van der Waals surface area (Å²) in [6.45, 7) is 6.84. The van der Waals surface area contributed by atoms with Crippen molar-refractivity contribution in [3.63, 3.8) is 0 Å². The van der Waals surface area contributed by atoms with Crippen molar-refractivity contribution in [2.45, 2.75) is 44.4 Å². The van der Waals surface area contributed by atoms with Gasteiger partial charge in [-0.3, -0.25) is 0 Å². The molecule has 2 rings (SSSR count). The molecule has 0 saturated carbocycles. The lowest BCUT2D eigenvalue weighted by Gasteiger charge is -2.21. The van der Waals surface area contributed by atoms with Gasteiger partial charge in [0.2, 0.25) is 0 Å². The number of nitrogens with one attached hydrogen (secondary N) is 1. The summed E-state index contributed by atoms with van der Waals surface area (Å²) >= 11 is 2.08. The van der Waals surface area contributed by atoms with Crippen molar-refractivity contribution in [3.8, 4) is 0 Å². The first-order valence-corrected chi connectivity index (χ1v) is 7.20. The maximum Gasteiger partial charge on any atom is 0.0385 e. The molecule has 1 aliphatic rings. The van der Waals surface area contributed by atoms with Crippen molar-refractivity contribution in [2.24, 2.45) is 0 Å². The highest BCUT2D eigenvalue weighted by atomic mass is 32.2. The Hall–Kier alpha value is -0.630. The van der Waals surface area contributed by atoms with Crippen LogP contribution in [-0.2, 0) is 0 Å². The molecule has 0 amide bonds. The van der Waals surface area contributed by atoms with Gasteiger partial charge in [0, 0.05) is 17.0 Å². The Kier molecular flexibility index (Phi) is 3.80. The highest BCUT2D eigenvalue weighted by Gasteiger charge is 2.24. The first-order chi connectivity index (χ1) is 7.68. The lowest BCUT2D eigenvalue weighted by Crippen LogP contribution is -2.25. The van der Waals surface area contributed by atoms with Crippen LogP contribution in [0.25, 0.3) is 0 Å². The van der Waals surface area contributed by atoms with E-state index in [4.69, 9.17) is 0 Å². The van der Waals surface area contributed by atoms with Gasteiger partial charge in [0.25, 0.3) is 0 Å². The monoisotopic (exact) mass is 235 g/mol. The third kappa shape index (κ3) is 2.54. The van der Waals surface area contributed by atoms with Crippen LogP contribution >= 0.6 is 11.8 Å². The molecule has 1 aromatic rings.